The molecule has 0 saturated carbocycles. The molecule has 92 valence electrons. The monoisotopic (exact) mass is 240 g/mol. The molecular weight excluding hydrogens is 224 g/mol. The number of allylic oxidation sites excluding steroid dienone is 1. The molecule has 0 aliphatic rings. The minimum absolute atomic E-state index is 0.00926. The van der Waals surface area contributed by atoms with Crippen LogP contribution in [0.2, 0.25) is 0 Å². The Labute approximate surface area is 107 Å². The van der Waals surface area contributed by atoms with Crippen molar-refractivity contribution in [3.63, 3.8) is 0 Å². The van der Waals surface area contributed by atoms with Crippen LogP contribution in [0.3, 0.4) is 0 Å². The molecule has 0 unspecified atom stereocenters. The lowest BCUT2D eigenvalue weighted by Gasteiger charge is -1.97. The van der Waals surface area contributed by atoms with Crippen molar-refractivity contribution in [1.29, 1.82) is 0 Å². The van der Waals surface area contributed by atoms with Crippen LogP contribution in [0.4, 0.5) is 0 Å². The molecule has 1 aromatic carbocycles. The Morgan fingerprint density at radius 2 is 1.83 bits per heavy atom. The van der Waals surface area contributed by atoms with E-state index in [-0.39, 0.29) is 5.78 Å². The van der Waals surface area contributed by atoms with Crippen molar-refractivity contribution in [2.24, 2.45) is 0 Å². The van der Waals surface area contributed by atoms with Gasteiger partial charge in [0.05, 0.1) is 5.69 Å². The second-order valence-corrected chi connectivity index (χ2v) is 4.41. The molecule has 0 atom stereocenters. The first-order valence-corrected chi connectivity index (χ1v) is 5.88. The zero-order valence-electron chi connectivity index (χ0n) is 10.8. The zero-order chi connectivity index (χ0) is 13.1. The van der Waals surface area contributed by atoms with Crippen molar-refractivity contribution in [3.05, 3.63) is 58.4 Å². The Morgan fingerprint density at radius 3 is 2.39 bits per heavy atom. The fraction of sp³-hybridized carbons (Fsp3) is 0.200. The topological polar surface area (TPSA) is 45.8 Å². The number of ketones is 1. The molecule has 3 nitrogen and oxygen atoms in total. The molecule has 0 amide bonds. The first-order valence-electron chi connectivity index (χ1n) is 5.88. The van der Waals surface area contributed by atoms with E-state index in [1.54, 1.807) is 6.08 Å². The predicted molar refractivity (Wildman–Crippen MR) is 72.6 cm³/mol. The van der Waals surface area contributed by atoms with Gasteiger partial charge in [0.2, 0.25) is 0 Å². The molecule has 18 heavy (non-hydrogen) atoms. The van der Waals surface area contributed by atoms with Gasteiger partial charge in [-0.15, -0.1) is 0 Å². The van der Waals surface area contributed by atoms with Crippen LogP contribution in [0.5, 0.6) is 0 Å². The number of carbonyl (C=O) groups excluding carboxylic acids is 1. The lowest BCUT2D eigenvalue weighted by atomic mass is 10.1. The maximum absolute atomic E-state index is 12.0. The van der Waals surface area contributed by atoms with Gasteiger partial charge in [0.25, 0.3) is 0 Å². The molecule has 0 radical (unpaired) electrons. The number of aryl methyl sites for hydroxylation is 3. The minimum atomic E-state index is 0.00926. The second kappa shape index (κ2) is 5.00. The normalized spacial score (nSPS) is 11.1. The van der Waals surface area contributed by atoms with Gasteiger partial charge >= 0.3 is 0 Å². The molecule has 1 heterocycles. The lowest BCUT2D eigenvalue weighted by Crippen LogP contribution is -1.93. The molecule has 0 aliphatic carbocycles. The van der Waals surface area contributed by atoms with Crippen LogP contribution in [0.25, 0.3) is 6.08 Å². The van der Waals surface area contributed by atoms with E-state index >= 15 is 0 Å². The van der Waals surface area contributed by atoms with Gasteiger partial charge in [0.1, 0.15) is 0 Å². The van der Waals surface area contributed by atoms with E-state index in [1.807, 2.05) is 51.1 Å². The second-order valence-electron chi connectivity index (χ2n) is 4.41. The summed E-state index contributed by atoms with van der Waals surface area (Å²) in [6, 6.07) is 7.57. The summed E-state index contributed by atoms with van der Waals surface area (Å²) in [5.41, 5.74) is 4.71. The summed E-state index contributed by atoms with van der Waals surface area (Å²) in [5, 5.41) is 6.99. The molecule has 1 N–H and O–H groups in total. The maximum atomic E-state index is 12.0. The van der Waals surface area contributed by atoms with Gasteiger partial charge in [0, 0.05) is 16.8 Å². The Kier molecular flexibility index (Phi) is 3.42. The average molecular weight is 240 g/mol. The summed E-state index contributed by atoms with van der Waals surface area (Å²) in [5.74, 6) is 0.00926. The van der Waals surface area contributed by atoms with Gasteiger partial charge in [-0.2, -0.15) is 5.10 Å². The SMILES string of the molecule is Cc1ccc(C(=O)C=Cc2c(C)n[nH]c2C)cc1. The highest BCUT2D eigenvalue weighted by atomic mass is 16.1. The van der Waals surface area contributed by atoms with Gasteiger partial charge in [-0.3, -0.25) is 9.89 Å². The first kappa shape index (κ1) is 12.3. The maximum Gasteiger partial charge on any atom is 0.185 e. The van der Waals surface area contributed by atoms with Crippen LogP contribution in [0.1, 0.15) is 32.9 Å². The number of hydrogen-bond donors (Lipinski definition) is 1. The third-order valence-corrected chi connectivity index (χ3v) is 2.92. The van der Waals surface area contributed by atoms with Crippen LogP contribution in [0.15, 0.2) is 30.3 Å². The van der Waals surface area contributed by atoms with E-state index in [0.717, 1.165) is 22.5 Å². The summed E-state index contributed by atoms with van der Waals surface area (Å²) in [4.78, 5) is 12.0. The number of nitrogens with one attached hydrogen (secondary N) is 1. The fourth-order valence-corrected chi connectivity index (χ4v) is 1.78. The van der Waals surface area contributed by atoms with Crippen molar-refractivity contribution < 1.29 is 4.79 Å². The molecular formula is C15H16N2O. The zero-order valence-corrected chi connectivity index (χ0v) is 10.8. The molecule has 0 spiro atoms. The third kappa shape index (κ3) is 2.56. The van der Waals surface area contributed by atoms with Gasteiger partial charge < -0.3 is 0 Å². The third-order valence-electron chi connectivity index (χ3n) is 2.92. The molecule has 0 saturated heterocycles. The summed E-state index contributed by atoms with van der Waals surface area (Å²) in [6.07, 6.45) is 3.41. The number of nitrogens with zero attached hydrogens (tertiary/aromatic N) is 1. The van der Waals surface area contributed by atoms with Crippen LogP contribution in [-0.2, 0) is 0 Å². The number of hydrogen-bond acceptors (Lipinski definition) is 2. The fourth-order valence-electron chi connectivity index (χ4n) is 1.78. The highest BCUT2D eigenvalue weighted by Crippen LogP contribution is 2.12. The van der Waals surface area contributed by atoms with E-state index in [1.165, 1.54) is 0 Å². The first-order chi connectivity index (χ1) is 8.58. The van der Waals surface area contributed by atoms with Crippen molar-refractivity contribution in [2.45, 2.75) is 20.8 Å². The molecule has 0 fully saturated rings. The van der Waals surface area contributed by atoms with Crippen molar-refractivity contribution >= 4 is 11.9 Å². The molecule has 0 bridgehead atoms. The average Bonchev–Trinajstić information content (AvgIpc) is 2.67. The number of H-pyrrole nitrogens is 1. The summed E-state index contributed by atoms with van der Waals surface area (Å²) >= 11 is 0. The minimum Gasteiger partial charge on any atom is -0.289 e. The number of benzene rings is 1. The summed E-state index contributed by atoms with van der Waals surface area (Å²) < 4.78 is 0. The Morgan fingerprint density at radius 1 is 1.17 bits per heavy atom. The summed E-state index contributed by atoms with van der Waals surface area (Å²) in [7, 11) is 0. The molecule has 2 rings (SSSR count). The van der Waals surface area contributed by atoms with Crippen LogP contribution in [0, 0.1) is 20.8 Å². The smallest absolute Gasteiger partial charge is 0.185 e. The van der Waals surface area contributed by atoms with Crippen molar-refractivity contribution in [1.82, 2.24) is 10.2 Å². The van der Waals surface area contributed by atoms with Crippen LogP contribution >= 0.6 is 0 Å². The van der Waals surface area contributed by atoms with Crippen LogP contribution in [-0.4, -0.2) is 16.0 Å². The number of rotatable bonds is 3. The highest BCUT2D eigenvalue weighted by molar-refractivity contribution is 6.06. The Balaban J connectivity index is 2.19. The van der Waals surface area contributed by atoms with E-state index in [4.69, 9.17) is 0 Å². The predicted octanol–water partition coefficient (Wildman–Crippen LogP) is 3.23. The molecule has 1 aromatic heterocycles. The van der Waals surface area contributed by atoms with Crippen molar-refractivity contribution in [3.8, 4) is 0 Å². The quantitative estimate of drug-likeness (QED) is 0.661. The van der Waals surface area contributed by atoms with E-state index in [2.05, 4.69) is 10.2 Å². The molecule has 2 aromatic rings. The number of carbonyl (C=O) groups is 1. The van der Waals surface area contributed by atoms with Crippen molar-refractivity contribution in [2.75, 3.05) is 0 Å². The Bertz CT molecular complexity index is 572. The van der Waals surface area contributed by atoms with Gasteiger partial charge in [-0.1, -0.05) is 29.8 Å². The molecule has 0 aliphatic heterocycles. The van der Waals surface area contributed by atoms with E-state index in [0.29, 0.717) is 5.56 Å². The number of aromatic amines is 1. The number of aromatic nitrogens is 2. The van der Waals surface area contributed by atoms with E-state index in [9.17, 15) is 4.79 Å². The van der Waals surface area contributed by atoms with E-state index < -0.39 is 0 Å². The summed E-state index contributed by atoms with van der Waals surface area (Å²) in [6.45, 7) is 5.86. The highest BCUT2D eigenvalue weighted by Gasteiger charge is 2.04. The standard InChI is InChI=1S/C15H16N2O/c1-10-4-6-13(7-5-10)15(18)9-8-14-11(2)16-17-12(14)3/h4-9H,1-3H3,(H,16,17). The van der Waals surface area contributed by atoms with Gasteiger partial charge in [-0.05, 0) is 32.9 Å². The molecule has 3 heteroatoms. The largest absolute Gasteiger partial charge is 0.289 e. The van der Waals surface area contributed by atoms with Crippen LogP contribution < -0.4 is 0 Å². The van der Waals surface area contributed by atoms with Gasteiger partial charge in [-0.25, -0.2) is 0 Å². The lowest BCUT2D eigenvalue weighted by molar-refractivity contribution is 0.104. The van der Waals surface area contributed by atoms with Gasteiger partial charge in [0.15, 0.2) is 5.78 Å². The Hall–Kier alpha value is -2.16.